The molecule has 6 nitrogen and oxygen atoms in total. The molecule has 3 amide bonds. The Bertz CT molecular complexity index is 473. The molecule has 0 saturated heterocycles. The third kappa shape index (κ3) is 2.30. The zero-order valence-corrected chi connectivity index (χ0v) is 9.40. The molecule has 0 aliphatic carbocycles. The molecule has 0 aromatic heterocycles. The van der Waals surface area contributed by atoms with Crippen LogP contribution in [-0.4, -0.2) is 25.6 Å². The van der Waals surface area contributed by atoms with E-state index < -0.39 is 6.03 Å². The molecule has 1 heterocycles. The van der Waals surface area contributed by atoms with Crippen LogP contribution in [0.15, 0.2) is 18.2 Å². The van der Waals surface area contributed by atoms with Gasteiger partial charge in [-0.1, -0.05) is 0 Å². The molecule has 0 unspecified atom stereocenters. The van der Waals surface area contributed by atoms with Crippen molar-refractivity contribution in [3.8, 4) is 5.75 Å². The average molecular weight is 235 g/mol. The Balaban J connectivity index is 2.38. The van der Waals surface area contributed by atoms with Gasteiger partial charge in [0.25, 0.3) is 0 Å². The first-order chi connectivity index (χ1) is 8.08. The highest BCUT2D eigenvalue weighted by Gasteiger charge is 2.20. The van der Waals surface area contributed by atoms with Gasteiger partial charge in [0.1, 0.15) is 5.75 Å². The summed E-state index contributed by atoms with van der Waals surface area (Å²) in [5.74, 6) is 0.591. The van der Waals surface area contributed by atoms with Crippen molar-refractivity contribution in [1.82, 2.24) is 0 Å². The Kier molecular flexibility index (Phi) is 2.86. The van der Waals surface area contributed by atoms with E-state index in [0.717, 1.165) is 0 Å². The van der Waals surface area contributed by atoms with Gasteiger partial charge in [-0.2, -0.15) is 0 Å². The van der Waals surface area contributed by atoms with E-state index in [1.165, 1.54) is 4.90 Å². The zero-order chi connectivity index (χ0) is 12.4. The van der Waals surface area contributed by atoms with Gasteiger partial charge in [-0.15, -0.1) is 0 Å². The first-order valence-electron chi connectivity index (χ1n) is 5.18. The van der Waals surface area contributed by atoms with Gasteiger partial charge in [0.15, 0.2) is 0 Å². The van der Waals surface area contributed by atoms with E-state index >= 15 is 0 Å². The van der Waals surface area contributed by atoms with Gasteiger partial charge >= 0.3 is 6.03 Å². The van der Waals surface area contributed by atoms with Crippen molar-refractivity contribution in [2.45, 2.75) is 6.42 Å². The average Bonchev–Trinajstić information content (AvgIpc) is 2.40. The molecule has 0 atom stereocenters. The number of fused-ring (bicyclic) bond motifs is 1. The molecule has 1 aromatic carbocycles. The molecule has 1 aliphatic heterocycles. The Hall–Kier alpha value is -2.24. The summed E-state index contributed by atoms with van der Waals surface area (Å²) in [6, 6.07) is 4.39. The van der Waals surface area contributed by atoms with Crippen LogP contribution in [0, 0.1) is 0 Å². The van der Waals surface area contributed by atoms with Crippen LogP contribution in [0.5, 0.6) is 5.75 Å². The second-order valence-electron chi connectivity index (χ2n) is 3.72. The molecule has 0 saturated carbocycles. The summed E-state index contributed by atoms with van der Waals surface area (Å²) < 4.78 is 5.44. The highest BCUT2D eigenvalue weighted by molar-refractivity contribution is 5.96. The molecule has 3 N–H and O–H groups in total. The molecule has 17 heavy (non-hydrogen) atoms. The number of anilines is 2. The molecule has 6 heteroatoms. The van der Waals surface area contributed by atoms with Gasteiger partial charge in [0.05, 0.1) is 18.7 Å². The standard InChI is InChI=1S/C11H13N3O3/c1-14-8-6-7(13-11(12)16)2-3-9(8)17-5-4-10(14)15/h2-3,6H,4-5H2,1H3,(H3,12,13,16). The third-order valence-electron chi connectivity index (χ3n) is 2.54. The molecule has 0 bridgehead atoms. The zero-order valence-electron chi connectivity index (χ0n) is 9.40. The van der Waals surface area contributed by atoms with E-state index in [9.17, 15) is 9.59 Å². The lowest BCUT2D eigenvalue weighted by Crippen LogP contribution is -2.25. The number of nitrogens with two attached hydrogens (primary N) is 1. The maximum absolute atomic E-state index is 11.6. The van der Waals surface area contributed by atoms with Crippen molar-refractivity contribution < 1.29 is 14.3 Å². The van der Waals surface area contributed by atoms with E-state index in [0.29, 0.717) is 30.2 Å². The maximum Gasteiger partial charge on any atom is 0.316 e. The quantitative estimate of drug-likeness (QED) is 0.759. The SMILES string of the molecule is CN1C(=O)CCOc2ccc(NC(N)=O)cc21. The van der Waals surface area contributed by atoms with Crippen molar-refractivity contribution >= 4 is 23.3 Å². The highest BCUT2D eigenvalue weighted by Crippen LogP contribution is 2.33. The predicted octanol–water partition coefficient (Wildman–Crippen LogP) is 0.923. The lowest BCUT2D eigenvalue weighted by Gasteiger charge is -2.17. The van der Waals surface area contributed by atoms with Crippen molar-refractivity contribution in [2.75, 3.05) is 23.9 Å². The van der Waals surface area contributed by atoms with Gasteiger partial charge in [-0.3, -0.25) is 4.79 Å². The van der Waals surface area contributed by atoms with Crippen LogP contribution in [0.25, 0.3) is 0 Å². The molecule has 0 radical (unpaired) electrons. The largest absolute Gasteiger partial charge is 0.491 e. The van der Waals surface area contributed by atoms with Gasteiger partial charge < -0.3 is 20.7 Å². The Morgan fingerprint density at radius 2 is 2.29 bits per heavy atom. The van der Waals surface area contributed by atoms with Gasteiger partial charge in [0.2, 0.25) is 5.91 Å². The summed E-state index contributed by atoms with van der Waals surface area (Å²) in [7, 11) is 1.67. The minimum atomic E-state index is -0.645. The summed E-state index contributed by atoms with van der Waals surface area (Å²) in [6.45, 7) is 0.360. The number of amides is 3. The fourth-order valence-corrected chi connectivity index (χ4v) is 1.67. The normalized spacial score (nSPS) is 14.6. The Morgan fingerprint density at radius 1 is 1.53 bits per heavy atom. The van der Waals surface area contributed by atoms with Crippen LogP contribution in [0.2, 0.25) is 0 Å². The fraction of sp³-hybridized carbons (Fsp3) is 0.273. The first kappa shape index (κ1) is 11.3. The number of carbonyl (C=O) groups excluding carboxylic acids is 2. The molecule has 0 spiro atoms. The second kappa shape index (κ2) is 4.32. The van der Waals surface area contributed by atoms with Crippen LogP contribution in [0.1, 0.15) is 6.42 Å². The second-order valence-corrected chi connectivity index (χ2v) is 3.72. The third-order valence-corrected chi connectivity index (χ3v) is 2.54. The Labute approximate surface area is 98.3 Å². The number of hydrogen-bond donors (Lipinski definition) is 2. The van der Waals surface area contributed by atoms with Crippen LogP contribution in [-0.2, 0) is 4.79 Å². The fourth-order valence-electron chi connectivity index (χ4n) is 1.67. The van der Waals surface area contributed by atoms with Gasteiger partial charge in [-0.05, 0) is 18.2 Å². The molecular formula is C11H13N3O3. The van der Waals surface area contributed by atoms with E-state index in [-0.39, 0.29) is 5.91 Å². The summed E-state index contributed by atoms with van der Waals surface area (Å²) >= 11 is 0. The van der Waals surface area contributed by atoms with Gasteiger partial charge in [0, 0.05) is 12.7 Å². The summed E-state index contributed by atoms with van der Waals surface area (Å²) in [5.41, 5.74) is 6.18. The lowest BCUT2D eigenvalue weighted by atomic mass is 10.2. The number of nitrogens with one attached hydrogen (secondary N) is 1. The molecule has 1 aliphatic rings. The lowest BCUT2D eigenvalue weighted by molar-refractivity contribution is -0.118. The number of primary amides is 1. The Morgan fingerprint density at radius 3 is 3.00 bits per heavy atom. The molecule has 2 rings (SSSR count). The molecule has 1 aromatic rings. The van der Waals surface area contributed by atoms with Crippen molar-refractivity contribution in [2.24, 2.45) is 5.73 Å². The van der Waals surface area contributed by atoms with Crippen molar-refractivity contribution in [1.29, 1.82) is 0 Å². The van der Waals surface area contributed by atoms with Crippen LogP contribution < -0.4 is 20.7 Å². The summed E-state index contributed by atoms with van der Waals surface area (Å²) in [4.78, 5) is 23.9. The van der Waals surface area contributed by atoms with E-state index in [1.54, 1.807) is 25.2 Å². The number of urea groups is 1. The summed E-state index contributed by atoms with van der Waals surface area (Å²) in [5, 5.41) is 2.46. The molecule has 0 fully saturated rings. The van der Waals surface area contributed by atoms with Crippen LogP contribution in [0.4, 0.5) is 16.2 Å². The van der Waals surface area contributed by atoms with Gasteiger partial charge in [-0.25, -0.2) is 4.79 Å². The number of nitrogens with zero attached hydrogens (tertiary/aromatic N) is 1. The number of rotatable bonds is 1. The van der Waals surface area contributed by atoms with Crippen molar-refractivity contribution in [3.63, 3.8) is 0 Å². The first-order valence-corrected chi connectivity index (χ1v) is 5.18. The number of carbonyl (C=O) groups is 2. The number of ether oxygens (including phenoxy) is 1. The monoisotopic (exact) mass is 235 g/mol. The topological polar surface area (TPSA) is 84.7 Å². The predicted molar refractivity (Wildman–Crippen MR) is 63.2 cm³/mol. The number of benzene rings is 1. The summed E-state index contributed by atoms with van der Waals surface area (Å²) in [6.07, 6.45) is 0.337. The van der Waals surface area contributed by atoms with Crippen LogP contribution >= 0.6 is 0 Å². The minimum absolute atomic E-state index is 0.0278. The van der Waals surface area contributed by atoms with Crippen molar-refractivity contribution in [3.05, 3.63) is 18.2 Å². The smallest absolute Gasteiger partial charge is 0.316 e. The number of hydrogen-bond acceptors (Lipinski definition) is 3. The highest BCUT2D eigenvalue weighted by atomic mass is 16.5. The van der Waals surface area contributed by atoms with E-state index in [2.05, 4.69) is 5.32 Å². The maximum atomic E-state index is 11.6. The van der Waals surface area contributed by atoms with E-state index in [4.69, 9.17) is 10.5 Å². The molecule has 90 valence electrons. The minimum Gasteiger partial charge on any atom is -0.491 e. The van der Waals surface area contributed by atoms with Crippen LogP contribution in [0.3, 0.4) is 0 Å². The molecular weight excluding hydrogens is 222 g/mol. The van der Waals surface area contributed by atoms with E-state index in [1.807, 2.05) is 0 Å².